The molecule has 0 spiro atoms. The molecule has 0 bridgehead atoms. The molecule has 0 unspecified atom stereocenters. The highest BCUT2D eigenvalue weighted by atomic mass is 16.1. The van der Waals surface area contributed by atoms with Gasteiger partial charge in [-0.15, -0.1) is 0 Å². The zero-order chi connectivity index (χ0) is 15.3. The molecule has 3 heteroatoms. The van der Waals surface area contributed by atoms with E-state index in [1.807, 2.05) is 12.3 Å². The first-order valence-corrected chi connectivity index (χ1v) is 7.93. The Balaban J connectivity index is 1.69. The Morgan fingerprint density at radius 3 is 2.50 bits per heavy atom. The highest BCUT2D eigenvalue weighted by Crippen LogP contribution is 2.37. The minimum absolute atomic E-state index is 0.0246. The van der Waals surface area contributed by atoms with Crippen LogP contribution in [0.25, 0.3) is 0 Å². The number of pyridine rings is 1. The molecule has 1 aliphatic heterocycles. The van der Waals surface area contributed by atoms with Crippen LogP contribution in [0.5, 0.6) is 0 Å². The van der Waals surface area contributed by atoms with E-state index in [0.717, 1.165) is 38.8 Å². The summed E-state index contributed by atoms with van der Waals surface area (Å²) in [5.74, 6) is 0. The van der Waals surface area contributed by atoms with E-state index in [1.54, 1.807) is 6.20 Å². The summed E-state index contributed by atoms with van der Waals surface area (Å²) in [6, 6.07) is 14.7. The predicted molar refractivity (Wildman–Crippen MR) is 87.5 cm³/mol. The highest BCUT2D eigenvalue weighted by Gasteiger charge is 2.35. The number of aldehydes is 1. The molecule has 2 heterocycles. The van der Waals surface area contributed by atoms with Gasteiger partial charge in [0.25, 0.3) is 0 Å². The Hall–Kier alpha value is -2.00. The summed E-state index contributed by atoms with van der Waals surface area (Å²) in [4.78, 5) is 17.9. The molecule has 0 atom stereocenters. The van der Waals surface area contributed by atoms with Crippen LogP contribution >= 0.6 is 0 Å². The first-order valence-electron chi connectivity index (χ1n) is 7.93. The van der Waals surface area contributed by atoms with Crippen molar-refractivity contribution >= 4 is 6.29 Å². The van der Waals surface area contributed by atoms with Crippen LogP contribution in [0.2, 0.25) is 0 Å². The van der Waals surface area contributed by atoms with Gasteiger partial charge < -0.3 is 4.79 Å². The molecule has 1 aromatic heterocycles. The summed E-state index contributed by atoms with van der Waals surface area (Å²) in [5, 5.41) is 0. The number of rotatable bonds is 5. The Labute approximate surface area is 132 Å². The minimum atomic E-state index is -0.0246. The van der Waals surface area contributed by atoms with E-state index in [0.29, 0.717) is 6.42 Å². The second-order valence-corrected chi connectivity index (χ2v) is 6.15. The fourth-order valence-electron chi connectivity index (χ4n) is 3.43. The maximum absolute atomic E-state index is 11.2. The molecule has 1 fully saturated rings. The first kappa shape index (κ1) is 14.9. The Morgan fingerprint density at radius 2 is 1.86 bits per heavy atom. The van der Waals surface area contributed by atoms with Crippen LogP contribution in [0.15, 0.2) is 54.9 Å². The molecule has 114 valence electrons. The third-order valence-corrected chi connectivity index (χ3v) is 4.81. The normalized spacial score (nSPS) is 18.0. The predicted octanol–water partition coefficient (Wildman–Crippen LogP) is 3.20. The Kier molecular flexibility index (Phi) is 4.64. The minimum Gasteiger partial charge on any atom is -0.303 e. The molecule has 22 heavy (non-hydrogen) atoms. The van der Waals surface area contributed by atoms with Crippen molar-refractivity contribution in [2.75, 3.05) is 13.1 Å². The van der Waals surface area contributed by atoms with E-state index in [9.17, 15) is 4.79 Å². The largest absolute Gasteiger partial charge is 0.303 e. The van der Waals surface area contributed by atoms with E-state index in [2.05, 4.69) is 46.3 Å². The molecule has 1 aliphatic rings. The molecule has 1 aromatic carbocycles. The number of aromatic nitrogens is 1. The van der Waals surface area contributed by atoms with Gasteiger partial charge in [0.15, 0.2) is 0 Å². The van der Waals surface area contributed by atoms with Crippen LogP contribution in [0, 0.1) is 0 Å². The summed E-state index contributed by atoms with van der Waals surface area (Å²) in [5.41, 5.74) is 2.54. The van der Waals surface area contributed by atoms with Crippen molar-refractivity contribution in [2.24, 2.45) is 0 Å². The summed E-state index contributed by atoms with van der Waals surface area (Å²) in [6.45, 7) is 3.04. The van der Waals surface area contributed by atoms with Crippen molar-refractivity contribution in [1.29, 1.82) is 0 Å². The van der Waals surface area contributed by atoms with E-state index >= 15 is 0 Å². The van der Waals surface area contributed by atoms with Crippen molar-refractivity contribution in [2.45, 2.75) is 31.2 Å². The van der Waals surface area contributed by atoms with Gasteiger partial charge in [0.05, 0.1) is 0 Å². The zero-order valence-electron chi connectivity index (χ0n) is 12.8. The monoisotopic (exact) mass is 294 g/mol. The van der Waals surface area contributed by atoms with Crippen LogP contribution in [-0.2, 0) is 16.8 Å². The number of benzene rings is 1. The number of likely N-dealkylation sites (tertiary alicyclic amines) is 1. The molecule has 0 aliphatic carbocycles. The Bertz CT molecular complexity index is 589. The number of carbonyl (C=O) groups excluding carboxylic acids is 1. The van der Waals surface area contributed by atoms with Gasteiger partial charge in [0.1, 0.15) is 6.29 Å². The molecular formula is C19H22N2O. The third-order valence-electron chi connectivity index (χ3n) is 4.81. The first-order chi connectivity index (χ1) is 10.8. The van der Waals surface area contributed by atoms with Gasteiger partial charge in [0.2, 0.25) is 0 Å². The zero-order valence-corrected chi connectivity index (χ0v) is 12.8. The molecule has 2 aromatic rings. The lowest BCUT2D eigenvalue weighted by atomic mass is 9.71. The SMILES string of the molecule is O=CCC1(c2cccnc2)CCN(Cc2ccccc2)CC1. The summed E-state index contributed by atoms with van der Waals surface area (Å²) >= 11 is 0. The van der Waals surface area contributed by atoms with Crippen molar-refractivity contribution in [3.63, 3.8) is 0 Å². The summed E-state index contributed by atoms with van der Waals surface area (Å²) in [6.07, 6.45) is 7.42. The molecule has 0 N–H and O–H groups in total. The number of piperidine rings is 1. The van der Waals surface area contributed by atoms with Gasteiger partial charge in [0, 0.05) is 30.8 Å². The van der Waals surface area contributed by atoms with Gasteiger partial charge in [-0.05, 0) is 43.1 Å². The van der Waals surface area contributed by atoms with Gasteiger partial charge in [-0.2, -0.15) is 0 Å². The maximum atomic E-state index is 11.2. The lowest BCUT2D eigenvalue weighted by Gasteiger charge is -2.41. The van der Waals surface area contributed by atoms with Crippen LogP contribution in [0.3, 0.4) is 0 Å². The lowest BCUT2D eigenvalue weighted by molar-refractivity contribution is -0.109. The second-order valence-electron chi connectivity index (χ2n) is 6.15. The van der Waals surface area contributed by atoms with Crippen LogP contribution in [0.4, 0.5) is 0 Å². The molecule has 0 radical (unpaired) electrons. The number of carbonyl (C=O) groups is 1. The summed E-state index contributed by atoms with van der Waals surface area (Å²) < 4.78 is 0. The molecule has 3 nitrogen and oxygen atoms in total. The molecular weight excluding hydrogens is 272 g/mol. The lowest BCUT2D eigenvalue weighted by Crippen LogP contribution is -2.42. The van der Waals surface area contributed by atoms with Gasteiger partial charge in [-0.1, -0.05) is 36.4 Å². The number of nitrogens with zero attached hydrogens (tertiary/aromatic N) is 2. The molecule has 0 saturated carbocycles. The van der Waals surface area contributed by atoms with Crippen molar-refractivity contribution < 1.29 is 4.79 Å². The average molecular weight is 294 g/mol. The van der Waals surface area contributed by atoms with E-state index in [-0.39, 0.29) is 5.41 Å². The second kappa shape index (κ2) is 6.84. The fraction of sp³-hybridized carbons (Fsp3) is 0.368. The van der Waals surface area contributed by atoms with Gasteiger partial charge in [-0.3, -0.25) is 9.88 Å². The Morgan fingerprint density at radius 1 is 1.09 bits per heavy atom. The molecule has 0 amide bonds. The average Bonchev–Trinajstić information content (AvgIpc) is 2.59. The van der Waals surface area contributed by atoms with Crippen molar-refractivity contribution in [1.82, 2.24) is 9.88 Å². The third kappa shape index (κ3) is 3.25. The smallest absolute Gasteiger partial charge is 0.120 e. The van der Waals surface area contributed by atoms with Gasteiger partial charge >= 0.3 is 0 Å². The highest BCUT2D eigenvalue weighted by molar-refractivity contribution is 5.53. The van der Waals surface area contributed by atoms with Gasteiger partial charge in [-0.25, -0.2) is 0 Å². The van der Waals surface area contributed by atoms with Crippen LogP contribution < -0.4 is 0 Å². The van der Waals surface area contributed by atoms with E-state index < -0.39 is 0 Å². The van der Waals surface area contributed by atoms with E-state index in [1.165, 1.54) is 11.1 Å². The fourth-order valence-corrected chi connectivity index (χ4v) is 3.43. The van der Waals surface area contributed by atoms with Crippen molar-refractivity contribution in [3.8, 4) is 0 Å². The quantitative estimate of drug-likeness (QED) is 0.794. The summed E-state index contributed by atoms with van der Waals surface area (Å²) in [7, 11) is 0. The molecule has 1 saturated heterocycles. The van der Waals surface area contributed by atoms with Crippen LogP contribution in [-0.4, -0.2) is 29.3 Å². The van der Waals surface area contributed by atoms with Crippen LogP contribution in [0.1, 0.15) is 30.4 Å². The topological polar surface area (TPSA) is 33.2 Å². The number of hydrogen-bond acceptors (Lipinski definition) is 3. The van der Waals surface area contributed by atoms with E-state index in [4.69, 9.17) is 0 Å². The number of hydrogen-bond donors (Lipinski definition) is 0. The van der Waals surface area contributed by atoms with Crippen molar-refractivity contribution in [3.05, 3.63) is 66.0 Å². The maximum Gasteiger partial charge on any atom is 0.120 e. The standard InChI is InChI=1S/C19H22N2O/c22-14-10-19(18-7-4-11-20-15-18)8-12-21(13-9-19)16-17-5-2-1-3-6-17/h1-7,11,14-15H,8-10,12-13,16H2. The molecule has 3 rings (SSSR count).